The minimum atomic E-state index is 0. The third-order valence-corrected chi connectivity index (χ3v) is 2.09. The fourth-order valence-corrected chi connectivity index (χ4v) is 1.43. The standard InChI is InChI=1S/C13H12.2CHNO.Na.H/c1-3-7-12(8-4-1)11-13-9-5-2-6-10-13;2*2-1-3;;/h1-10H,11H2;2*2H;;/q;;;+1;-1. The summed E-state index contributed by atoms with van der Waals surface area (Å²) in [5, 5.41) is 10.8. The minimum Gasteiger partial charge on any atom is -1.00 e. The van der Waals surface area contributed by atoms with E-state index in [1.54, 1.807) is 0 Å². The van der Waals surface area contributed by atoms with E-state index in [-0.39, 0.29) is 31.0 Å². The summed E-state index contributed by atoms with van der Waals surface area (Å²) in [6.07, 6.45) is 2.53. The maximum atomic E-state index is 8.35. The van der Waals surface area contributed by atoms with E-state index in [2.05, 4.69) is 60.7 Å². The number of nitrogens with one attached hydrogen (secondary N) is 2. The molecule has 0 bridgehead atoms. The molecular weight excluding hydrogens is 263 g/mol. The van der Waals surface area contributed by atoms with Crippen LogP contribution in [0.15, 0.2) is 60.7 Å². The Hall–Kier alpha value is -1.80. The van der Waals surface area contributed by atoms with Crippen molar-refractivity contribution < 1.29 is 40.6 Å². The summed E-state index contributed by atoms with van der Waals surface area (Å²) in [4.78, 5) is 16.7. The Bertz CT molecular complexity index is 474. The number of benzene rings is 2. The SMILES string of the molecule is N=C=O.N=C=O.[H-].[Na+].c1ccc(Cc2ccccc2)cc1. The van der Waals surface area contributed by atoms with E-state index in [1.165, 1.54) is 11.1 Å². The molecule has 0 spiro atoms. The molecular formula is C15H15N2NaO2. The number of carbonyl (C=O) groups excluding carboxylic acids is 2. The first-order chi connectivity index (χ1) is 9.28. The summed E-state index contributed by atoms with van der Waals surface area (Å²) < 4.78 is 0. The van der Waals surface area contributed by atoms with Gasteiger partial charge in [0.25, 0.3) is 0 Å². The fraction of sp³-hybridized carbons (Fsp3) is 0.0667. The van der Waals surface area contributed by atoms with Crippen LogP contribution in [0.4, 0.5) is 0 Å². The smallest absolute Gasteiger partial charge is 1.00 e. The molecule has 0 aliphatic heterocycles. The van der Waals surface area contributed by atoms with Gasteiger partial charge in [0.15, 0.2) is 0 Å². The molecule has 98 valence electrons. The molecule has 2 aromatic rings. The second-order valence-corrected chi connectivity index (χ2v) is 3.35. The predicted octanol–water partition coefficient (Wildman–Crippen LogP) is 0.196. The number of hydrogen-bond acceptors (Lipinski definition) is 4. The Labute approximate surface area is 141 Å². The molecule has 0 fully saturated rings. The van der Waals surface area contributed by atoms with Gasteiger partial charge in [0.1, 0.15) is 0 Å². The van der Waals surface area contributed by atoms with Crippen LogP contribution in [-0.4, -0.2) is 12.2 Å². The normalized spacial score (nSPS) is 7.20. The predicted molar refractivity (Wildman–Crippen MR) is 73.6 cm³/mol. The Balaban J connectivity index is -0.000000355. The quantitative estimate of drug-likeness (QED) is 0.467. The zero-order chi connectivity index (χ0) is 14.3. The monoisotopic (exact) mass is 278 g/mol. The summed E-state index contributed by atoms with van der Waals surface area (Å²) in [6.45, 7) is 0. The van der Waals surface area contributed by atoms with Crippen molar-refractivity contribution in [1.29, 1.82) is 10.8 Å². The van der Waals surface area contributed by atoms with E-state index in [0.29, 0.717) is 0 Å². The van der Waals surface area contributed by atoms with Crippen LogP contribution in [0.3, 0.4) is 0 Å². The Morgan fingerprint density at radius 1 is 0.750 bits per heavy atom. The molecule has 0 heterocycles. The van der Waals surface area contributed by atoms with Crippen LogP contribution in [0.25, 0.3) is 0 Å². The van der Waals surface area contributed by atoms with Crippen LogP contribution in [0.1, 0.15) is 12.6 Å². The van der Waals surface area contributed by atoms with Gasteiger partial charge in [0.2, 0.25) is 12.2 Å². The van der Waals surface area contributed by atoms with E-state index >= 15 is 0 Å². The van der Waals surface area contributed by atoms with Crippen molar-refractivity contribution in [3.05, 3.63) is 71.8 Å². The van der Waals surface area contributed by atoms with E-state index < -0.39 is 0 Å². The van der Waals surface area contributed by atoms with Crippen molar-refractivity contribution in [2.45, 2.75) is 6.42 Å². The van der Waals surface area contributed by atoms with Crippen molar-refractivity contribution in [3.63, 3.8) is 0 Å². The minimum absolute atomic E-state index is 0. The average molecular weight is 278 g/mol. The van der Waals surface area contributed by atoms with E-state index in [4.69, 9.17) is 20.4 Å². The third-order valence-electron chi connectivity index (χ3n) is 2.09. The zero-order valence-electron chi connectivity index (χ0n) is 12.3. The van der Waals surface area contributed by atoms with Gasteiger partial charge in [0, 0.05) is 0 Å². The second kappa shape index (κ2) is 15.3. The summed E-state index contributed by atoms with van der Waals surface area (Å²) in [5.74, 6) is 0. The molecule has 2 N–H and O–H groups in total. The van der Waals surface area contributed by atoms with Gasteiger partial charge in [-0.2, -0.15) is 0 Å². The van der Waals surface area contributed by atoms with Crippen LogP contribution in [0.2, 0.25) is 0 Å². The van der Waals surface area contributed by atoms with Crippen LogP contribution in [0, 0.1) is 10.8 Å². The van der Waals surface area contributed by atoms with E-state index in [0.717, 1.165) is 18.6 Å². The molecule has 0 unspecified atom stereocenters. The van der Waals surface area contributed by atoms with Gasteiger partial charge in [-0.05, 0) is 17.5 Å². The molecule has 0 aliphatic carbocycles. The molecule has 20 heavy (non-hydrogen) atoms. The van der Waals surface area contributed by atoms with Gasteiger partial charge in [-0.25, -0.2) is 20.4 Å². The molecule has 0 amide bonds. The topological polar surface area (TPSA) is 81.8 Å². The first-order valence-corrected chi connectivity index (χ1v) is 5.44. The van der Waals surface area contributed by atoms with Crippen molar-refractivity contribution in [2.24, 2.45) is 0 Å². The van der Waals surface area contributed by atoms with Crippen molar-refractivity contribution in [1.82, 2.24) is 0 Å². The van der Waals surface area contributed by atoms with Crippen molar-refractivity contribution in [2.75, 3.05) is 0 Å². The van der Waals surface area contributed by atoms with Crippen molar-refractivity contribution in [3.8, 4) is 0 Å². The maximum absolute atomic E-state index is 8.35. The maximum Gasteiger partial charge on any atom is 1.00 e. The van der Waals surface area contributed by atoms with Gasteiger partial charge in [-0.3, -0.25) is 0 Å². The molecule has 0 saturated heterocycles. The van der Waals surface area contributed by atoms with Crippen LogP contribution >= 0.6 is 0 Å². The van der Waals surface area contributed by atoms with Gasteiger partial charge in [0.05, 0.1) is 0 Å². The number of isocyanates is 2. The van der Waals surface area contributed by atoms with E-state index in [1.807, 2.05) is 0 Å². The van der Waals surface area contributed by atoms with Gasteiger partial charge in [-0.1, -0.05) is 60.7 Å². The largest absolute Gasteiger partial charge is 1.00 e. The Kier molecular flexibility index (Phi) is 15.7. The summed E-state index contributed by atoms with van der Waals surface area (Å²) in [5.41, 5.74) is 2.74. The Morgan fingerprint density at radius 3 is 1.25 bits per heavy atom. The van der Waals surface area contributed by atoms with Crippen molar-refractivity contribution >= 4 is 12.2 Å². The van der Waals surface area contributed by atoms with E-state index in [9.17, 15) is 0 Å². The van der Waals surface area contributed by atoms with Gasteiger partial charge in [-0.15, -0.1) is 0 Å². The van der Waals surface area contributed by atoms with Gasteiger partial charge < -0.3 is 1.43 Å². The number of hydrogen-bond donors (Lipinski definition) is 2. The van der Waals surface area contributed by atoms with Crippen LogP contribution < -0.4 is 29.6 Å². The molecule has 5 heteroatoms. The first kappa shape index (κ1) is 20.5. The molecule has 0 radical (unpaired) electrons. The third kappa shape index (κ3) is 11.3. The molecule has 2 rings (SSSR count). The summed E-state index contributed by atoms with van der Waals surface area (Å²) >= 11 is 0. The molecule has 2 aromatic carbocycles. The Morgan fingerprint density at radius 2 is 1.00 bits per heavy atom. The molecule has 4 nitrogen and oxygen atoms in total. The first-order valence-electron chi connectivity index (χ1n) is 5.44. The molecule has 0 aliphatic rings. The van der Waals surface area contributed by atoms with Gasteiger partial charge >= 0.3 is 29.6 Å². The summed E-state index contributed by atoms with van der Waals surface area (Å²) in [6, 6.07) is 21.1. The second-order valence-electron chi connectivity index (χ2n) is 3.35. The molecule has 0 saturated carbocycles. The molecule has 0 atom stereocenters. The van der Waals surface area contributed by atoms with Crippen LogP contribution in [-0.2, 0) is 16.0 Å². The molecule has 0 aromatic heterocycles. The fourth-order valence-electron chi connectivity index (χ4n) is 1.43. The zero-order valence-corrected chi connectivity index (χ0v) is 13.3. The average Bonchev–Trinajstić information content (AvgIpc) is 2.43. The van der Waals surface area contributed by atoms with Crippen LogP contribution in [0.5, 0.6) is 0 Å². The number of rotatable bonds is 2. The summed E-state index contributed by atoms with van der Waals surface area (Å²) in [7, 11) is 0.